The monoisotopic (exact) mass is 685 g/mol. The molecular weight excluding hydrogens is 651 g/mol. The van der Waals surface area contributed by atoms with Crippen LogP contribution >= 0.6 is 0 Å². The maximum atomic E-state index is 2.58. The fourth-order valence-electron chi connectivity index (χ4n) is 10.2. The highest BCUT2D eigenvalue weighted by Gasteiger charge is 2.38. The molecule has 1 aliphatic rings. The van der Waals surface area contributed by atoms with E-state index < -0.39 is 0 Å². The molecule has 0 radical (unpaired) electrons. The van der Waals surface area contributed by atoms with E-state index in [-0.39, 0.29) is 5.41 Å². The summed E-state index contributed by atoms with van der Waals surface area (Å²) in [5, 5.41) is 17.9. The lowest BCUT2D eigenvalue weighted by Crippen LogP contribution is -2.16. The molecule has 1 nitrogen and oxygen atoms in total. The van der Waals surface area contributed by atoms with Gasteiger partial charge in [-0.1, -0.05) is 172 Å². The third kappa shape index (κ3) is 3.83. The average Bonchev–Trinajstić information content (AvgIpc) is 3.46. The van der Waals surface area contributed by atoms with E-state index in [2.05, 4.69) is 195 Å². The highest BCUT2D eigenvalue weighted by atomic mass is 15.1. The molecule has 0 bridgehead atoms. The molecule has 0 amide bonds. The predicted octanol–water partition coefficient (Wildman–Crippen LogP) is 15.0. The SMILES string of the molecule is CC1(C)c2ccccc2-c2c(N(c3cccc4ccccc34)c3cc4cccc5c6cccc7ccc8cccc(c9cccc3c9c45)c8c76)cccc21. The van der Waals surface area contributed by atoms with E-state index >= 15 is 0 Å². The van der Waals surface area contributed by atoms with Gasteiger partial charge in [0.05, 0.1) is 17.1 Å². The molecule has 1 aliphatic carbocycles. The van der Waals surface area contributed by atoms with Crippen molar-refractivity contribution in [3.63, 3.8) is 0 Å². The summed E-state index contributed by atoms with van der Waals surface area (Å²) in [6, 6.07) is 66.2. The summed E-state index contributed by atoms with van der Waals surface area (Å²) >= 11 is 0. The van der Waals surface area contributed by atoms with E-state index in [1.54, 1.807) is 0 Å². The van der Waals surface area contributed by atoms with Crippen LogP contribution in [0.2, 0.25) is 0 Å². The highest BCUT2D eigenvalue weighted by Crippen LogP contribution is 2.56. The van der Waals surface area contributed by atoms with Crippen molar-refractivity contribution < 1.29 is 0 Å². The summed E-state index contributed by atoms with van der Waals surface area (Å²) in [4.78, 5) is 2.58. The van der Waals surface area contributed by atoms with Crippen LogP contribution in [0.25, 0.3) is 86.5 Å². The van der Waals surface area contributed by atoms with Crippen molar-refractivity contribution in [1.82, 2.24) is 0 Å². The second-order valence-electron chi connectivity index (χ2n) is 15.6. The lowest BCUT2D eigenvalue weighted by Gasteiger charge is -2.31. The van der Waals surface area contributed by atoms with Gasteiger partial charge in [-0.25, -0.2) is 0 Å². The molecule has 0 saturated heterocycles. The Morgan fingerprint density at radius 1 is 0.333 bits per heavy atom. The lowest BCUT2D eigenvalue weighted by molar-refractivity contribution is 0.660. The van der Waals surface area contributed by atoms with Crippen molar-refractivity contribution in [3.05, 3.63) is 187 Å². The van der Waals surface area contributed by atoms with Gasteiger partial charge >= 0.3 is 0 Å². The van der Waals surface area contributed by atoms with Gasteiger partial charge in [0.1, 0.15) is 0 Å². The van der Waals surface area contributed by atoms with Crippen LogP contribution in [0.1, 0.15) is 25.0 Å². The smallest absolute Gasteiger partial charge is 0.0547 e. The van der Waals surface area contributed by atoms with Gasteiger partial charge in [-0.15, -0.1) is 0 Å². The number of benzene rings is 10. The van der Waals surface area contributed by atoms with Crippen LogP contribution < -0.4 is 4.90 Å². The van der Waals surface area contributed by atoms with E-state index in [1.807, 2.05) is 0 Å². The van der Waals surface area contributed by atoms with E-state index in [0.717, 1.165) is 0 Å². The highest BCUT2D eigenvalue weighted by molar-refractivity contribution is 6.38. The first-order valence-corrected chi connectivity index (χ1v) is 19.0. The molecule has 11 aromatic carbocycles. The van der Waals surface area contributed by atoms with Crippen molar-refractivity contribution >= 4 is 92.5 Å². The first kappa shape index (κ1) is 29.8. The van der Waals surface area contributed by atoms with Gasteiger partial charge < -0.3 is 4.90 Å². The third-order valence-electron chi connectivity index (χ3n) is 12.5. The van der Waals surface area contributed by atoms with Crippen molar-refractivity contribution in [2.45, 2.75) is 19.3 Å². The van der Waals surface area contributed by atoms with E-state index in [9.17, 15) is 0 Å². The first-order valence-electron chi connectivity index (χ1n) is 19.0. The maximum absolute atomic E-state index is 2.58. The number of fused-ring (bicyclic) bond motifs is 6. The number of anilines is 3. The third-order valence-corrected chi connectivity index (χ3v) is 12.5. The van der Waals surface area contributed by atoms with Gasteiger partial charge in [-0.05, 0) is 94.1 Å². The minimum absolute atomic E-state index is 0.121. The Morgan fingerprint density at radius 2 is 0.815 bits per heavy atom. The molecule has 0 spiro atoms. The minimum Gasteiger partial charge on any atom is -0.309 e. The van der Waals surface area contributed by atoms with Gasteiger partial charge in [0.2, 0.25) is 0 Å². The fraction of sp³-hybridized carbons (Fsp3) is 0.0566. The normalized spacial score (nSPS) is 13.5. The topological polar surface area (TPSA) is 3.24 Å². The summed E-state index contributed by atoms with van der Waals surface area (Å²) < 4.78 is 0. The summed E-state index contributed by atoms with van der Waals surface area (Å²) in [7, 11) is 0. The molecule has 0 atom stereocenters. The molecule has 0 heterocycles. The molecule has 0 N–H and O–H groups in total. The molecule has 11 aromatic rings. The molecule has 0 fully saturated rings. The standard InChI is InChI=1S/C53H35N/c1-53(2)43-25-6-5-19-41(43)52-44(53)26-12-28-46(52)54(45-27-10-14-32-13-3-4-18-36(32)45)47-31-35-17-9-22-38-37-20-7-15-33-29-30-34-16-8-21-39(49(34)48(33)37)40-23-11-24-42(47)51(40)50(35)38/h3-31H,1-2H3. The Morgan fingerprint density at radius 3 is 1.57 bits per heavy atom. The summed E-state index contributed by atoms with van der Waals surface area (Å²) in [5.74, 6) is 0. The summed E-state index contributed by atoms with van der Waals surface area (Å²) in [6.45, 7) is 4.75. The molecule has 12 rings (SSSR count). The number of hydrogen-bond donors (Lipinski definition) is 0. The minimum atomic E-state index is -0.121. The Hall–Kier alpha value is -6.70. The maximum Gasteiger partial charge on any atom is 0.0547 e. The van der Waals surface area contributed by atoms with Crippen molar-refractivity contribution in [3.8, 4) is 11.1 Å². The van der Waals surface area contributed by atoms with E-state index in [4.69, 9.17) is 0 Å². The van der Waals surface area contributed by atoms with Gasteiger partial charge in [0.15, 0.2) is 0 Å². The number of hydrogen-bond acceptors (Lipinski definition) is 1. The Labute approximate surface area is 313 Å². The number of nitrogens with zero attached hydrogens (tertiary/aromatic N) is 1. The quantitative estimate of drug-likeness (QED) is 0.167. The molecule has 0 saturated carbocycles. The van der Waals surface area contributed by atoms with E-state index in [1.165, 1.54) is 115 Å². The second kappa shape index (κ2) is 10.7. The molecular formula is C53H35N. The first-order chi connectivity index (χ1) is 26.6. The van der Waals surface area contributed by atoms with Gasteiger partial charge in [-0.3, -0.25) is 0 Å². The molecule has 0 aliphatic heterocycles. The van der Waals surface area contributed by atoms with Gasteiger partial charge in [-0.2, -0.15) is 0 Å². The van der Waals surface area contributed by atoms with Crippen molar-refractivity contribution in [2.24, 2.45) is 0 Å². The zero-order valence-corrected chi connectivity index (χ0v) is 30.2. The van der Waals surface area contributed by atoms with Gasteiger partial charge in [0.25, 0.3) is 0 Å². The van der Waals surface area contributed by atoms with Crippen LogP contribution in [0.4, 0.5) is 17.1 Å². The van der Waals surface area contributed by atoms with Crippen LogP contribution in [-0.4, -0.2) is 0 Å². The van der Waals surface area contributed by atoms with Crippen LogP contribution in [0.5, 0.6) is 0 Å². The van der Waals surface area contributed by atoms with Gasteiger partial charge in [0, 0.05) is 27.1 Å². The molecule has 1 heteroatoms. The van der Waals surface area contributed by atoms with Crippen LogP contribution in [0.3, 0.4) is 0 Å². The van der Waals surface area contributed by atoms with Crippen molar-refractivity contribution in [2.75, 3.05) is 4.90 Å². The zero-order chi connectivity index (χ0) is 35.7. The fourth-order valence-corrected chi connectivity index (χ4v) is 10.2. The molecule has 0 unspecified atom stereocenters. The Balaban J connectivity index is 1.31. The summed E-state index contributed by atoms with van der Waals surface area (Å²) in [6.07, 6.45) is 0. The average molecular weight is 686 g/mol. The molecule has 252 valence electrons. The second-order valence-corrected chi connectivity index (χ2v) is 15.6. The zero-order valence-electron chi connectivity index (χ0n) is 30.2. The van der Waals surface area contributed by atoms with Crippen LogP contribution in [0.15, 0.2) is 176 Å². The molecule has 54 heavy (non-hydrogen) atoms. The summed E-state index contributed by atoms with van der Waals surface area (Å²) in [5.41, 5.74) is 8.82. The lowest BCUT2D eigenvalue weighted by atomic mass is 9.82. The van der Waals surface area contributed by atoms with Crippen molar-refractivity contribution in [1.29, 1.82) is 0 Å². The Kier molecular flexibility index (Phi) is 5.90. The van der Waals surface area contributed by atoms with E-state index in [0.29, 0.717) is 0 Å². The molecule has 0 aromatic heterocycles. The predicted molar refractivity (Wildman–Crippen MR) is 232 cm³/mol. The van der Waals surface area contributed by atoms with Crippen LogP contribution in [0, 0.1) is 0 Å². The van der Waals surface area contributed by atoms with Crippen LogP contribution in [-0.2, 0) is 5.41 Å². The number of rotatable bonds is 3. The largest absolute Gasteiger partial charge is 0.309 e. The Bertz CT molecular complexity index is 3360.